The van der Waals surface area contributed by atoms with Gasteiger partial charge in [0, 0.05) is 21.9 Å². The van der Waals surface area contributed by atoms with Crippen molar-refractivity contribution in [1.29, 1.82) is 0 Å². The number of amides is 1. The second-order valence-corrected chi connectivity index (χ2v) is 8.50. The summed E-state index contributed by atoms with van der Waals surface area (Å²) in [5.74, 6) is -1.60. The summed E-state index contributed by atoms with van der Waals surface area (Å²) in [5.41, 5.74) is 1.84. The van der Waals surface area contributed by atoms with Gasteiger partial charge in [0.25, 0.3) is 0 Å². The van der Waals surface area contributed by atoms with E-state index < -0.39 is 18.1 Å². The van der Waals surface area contributed by atoms with E-state index in [1.165, 1.54) is 0 Å². The fourth-order valence-corrected chi connectivity index (χ4v) is 4.75. The first-order chi connectivity index (χ1) is 14.4. The molecule has 1 aliphatic heterocycles. The van der Waals surface area contributed by atoms with E-state index in [9.17, 15) is 14.7 Å². The number of hydrogen-bond acceptors (Lipinski definition) is 2. The van der Waals surface area contributed by atoms with Crippen LogP contribution in [0.1, 0.15) is 49.3 Å². The number of nitrogens with zero attached hydrogens (tertiary/aromatic N) is 1. The third-order valence-corrected chi connectivity index (χ3v) is 6.26. The number of hydrogen-bond donors (Lipinski definition) is 1. The summed E-state index contributed by atoms with van der Waals surface area (Å²) in [6, 6.07) is 13.5. The molecule has 4 nitrogen and oxygen atoms in total. The Morgan fingerprint density at radius 3 is 2.47 bits per heavy atom. The fraction of sp³-hybridized carbons (Fsp3) is 0.333. The number of allylic oxidation sites excluding steroid dienone is 1. The molecule has 1 amide bonds. The molecule has 0 aromatic heterocycles. The van der Waals surface area contributed by atoms with Crippen molar-refractivity contribution >= 4 is 35.1 Å². The van der Waals surface area contributed by atoms with Gasteiger partial charge in [0.15, 0.2) is 0 Å². The van der Waals surface area contributed by atoms with E-state index in [-0.39, 0.29) is 17.7 Å². The number of aliphatic carboxylic acids is 1. The SMILES string of the molecule is C=CC[C@@H]1C[C@H](c2cccc(Cl)c2)[C@@H](c2ccc(Cl)cc2)N([C@@H](CC)C(=O)O)C1=O. The van der Waals surface area contributed by atoms with Crippen LogP contribution < -0.4 is 0 Å². The predicted molar refractivity (Wildman–Crippen MR) is 120 cm³/mol. The summed E-state index contributed by atoms with van der Waals surface area (Å²) >= 11 is 12.4. The van der Waals surface area contributed by atoms with Crippen LogP contribution in [0.25, 0.3) is 0 Å². The van der Waals surface area contributed by atoms with Crippen molar-refractivity contribution in [1.82, 2.24) is 4.90 Å². The van der Waals surface area contributed by atoms with Crippen molar-refractivity contribution in [3.8, 4) is 0 Å². The van der Waals surface area contributed by atoms with E-state index in [2.05, 4.69) is 6.58 Å². The summed E-state index contributed by atoms with van der Waals surface area (Å²) in [6.07, 6.45) is 3.12. The van der Waals surface area contributed by atoms with Gasteiger partial charge >= 0.3 is 5.97 Å². The molecule has 1 aliphatic rings. The Morgan fingerprint density at radius 1 is 1.20 bits per heavy atom. The zero-order valence-electron chi connectivity index (χ0n) is 16.8. The minimum atomic E-state index is -1.01. The van der Waals surface area contributed by atoms with Gasteiger partial charge in [-0.25, -0.2) is 4.79 Å². The van der Waals surface area contributed by atoms with Gasteiger partial charge in [0.2, 0.25) is 5.91 Å². The van der Waals surface area contributed by atoms with E-state index in [1.54, 1.807) is 36.1 Å². The van der Waals surface area contributed by atoms with Crippen molar-refractivity contribution in [3.63, 3.8) is 0 Å². The number of halogens is 2. The Bertz CT molecular complexity index is 928. The predicted octanol–water partition coefficient (Wildman–Crippen LogP) is 6.11. The molecule has 3 rings (SSSR count). The van der Waals surface area contributed by atoms with Crippen LogP contribution in [0.2, 0.25) is 10.0 Å². The first-order valence-corrected chi connectivity index (χ1v) is 10.8. The van der Waals surface area contributed by atoms with Gasteiger partial charge in [-0.3, -0.25) is 4.79 Å². The van der Waals surface area contributed by atoms with Crippen LogP contribution in [0.3, 0.4) is 0 Å². The lowest BCUT2D eigenvalue weighted by molar-refractivity contribution is -0.159. The van der Waals surface area contributed by atoms with E-state index in [0.29, 0.717) is 29.3 Å². The Hall–Kier alpha value is -2.30. The quantitative estimate of drug-likeness (QED) is 0.523. The van der Waals surface area contributed by atoms with Crippen LogP contribution in [0.15, 0.2) is 61.2 Å². The van der Waals surface area contributed by atoms with Crippen molar-refractivity contribution in [2.24, 2.45) is 5.92 Å². The molecule has 0 spiro atoms. The van der Waals surface area contributed by atoms with Gasteiger partial charge in [0.05, 0.1) is 6.04 Å². The van der Waals surface area contributed by atoms with Crippen LogP contribution in [-0.4, -0.2) is 27.9 Å². The summed E-state index contributed by atoms with van der Waals surface area (Å²) in [5, 5.41) is 11.1. The number of carboxylic acids is 1. The molecule has 0 unspecified atom stereocenters. The van der Waals surface area contributed by atoms with Crippen molar-refractivity contribution < 1.29 is 14.7 Å². The lowest BCUT2D eigenvalue weighted by Crippen LogP contribution is -2.54. The average molecular weight is 446 g/mol. The molecule has 2 aromatic carbocycles. The summed E-state index contributed by atoms with van der Waals surface area (Å²) in [6.45, 7) is 5.58. The number of carboxylic acid groups (broad SMARTS) is 1. The van der Waals surface area contributed by atoms with Crippen LogP contribution >= 0.6 is 23.2 Å². The summed E-state index contributed by atoms with van der Waals surface area (Å²) < 4.78 is 0. The molecule has 0 radical (unpaired) electrons. The molecular formula is C24H25Cl2NO3. The van der Waals surface area contributed by atoms with E-state index in [1.807, 2.05) is 30.3 Å². The molecule has 1 N–H and O–H groups in total. The maximum Gasteiger partial charge on any atom is 0.326 e. The number of carbonyl (C=O) groups excluding carboxylic acids is 1. The molecule has 0 aliphatic carbocycles. The highest BCUT2D eigenvalue weighted by Gasteiger charge is 2.46. The second-order valence-electron chi connectivity index (χ2n) is 7.62. The number of likely N-dealkylation sites (tertiary alicyclic amines) is 1. The largest absolute Gasteiger partial charge is 0.480 e. The number of piperidine rings is 1. The topological polar surface area (TPSA) is 57.6 Å². The molecule has 1 fully saturated rings. The number of rotatable bonds is 7. The monoisotopic (exact) mass is 445 g/mol. The van der Waals surface area contributed by atoms with E-state index in [0.717, 1.165) is 11.1 Å². The molecule has 1 saturated heterocycles. The third-order valence-electron chi connectivity index (χ3n) is 5.77. The molecule has 0 bridgehead atoms. The zero-order valence-corrected chi connectivity index (χ0v) is 18.3. The first-order valence-electron chi connectivity index (χ1n) is 10.0. The van der Waals surface area contributed by atoms with Gasteiger partial charge in [-0.05, 0) is 54.7 Å². The van der Waals surface area contributed by atoms with E-state index in [4.69, 9.17) is 23.2 Å². The normalized spacial score (nSPS) is 22.6. The summed E-state index contributed by atoms with van der Waals surface area (Å²) in [4.78, 5) is 27.2. The van der Waals surface area contributed by atoms with Crippen LogP contribution in [0, 0.1) is 5.92 Å². The van der Waals surface area contributed by atoms with Gasteiger partial charge in [-0.2, -0.15) is 0 Å². The van der Waals surface area contributed by atoms with Crippen LogP contribution in [0.5, 0.6) is 0 Å². The summed E-state index contributed by atoms with van der Waals surface area (Å²) in [7, 11) is 0. The smallest absolute Gasteiger partial charge is 0.326 e. The molecule has 158 valence electrons. The zero-order chi connectivity index (χ0) is 21.8. The Balaban J connectivity index is 2.20. The highest BCUT2D eigenvalue weighted by atomic mass is 35.5. The van der Waals surface area contributed by atoms with Crippen LogP contribution in [-0.2, 0) is 9.59 Å². The number of benzene rings is 2. The second kappa shape index (κ2) is 9.67. The first kappa shape index (κ1) is 22.4. The molecule has 6 heteroatoms. The molecule has 0 saturated carbocycles. The fourth-order valence-electron chi connectivity index (χ4n) is 4.42. The van der Waals surface area contributed by atoms with Gasteiger partial charge in [-0.15, -0.1) is 6.58 Å². The molecule has 4 atom stereocenters. The number of carbonyl (C=O) groups is 2. The van der Waals surface area contributed by atoms with Crippen molar-refractivity contribution in [2.45, 2.75) is 44.2 Å². The molecule has 2 aromatic rings. The van der Waals surface area contributed by atoms with Gasteiger partial charge in [0.1, 0.15) is 6.04 Å². The molecular weight excluding hydrogens is 421 g/mol. The standard InChI is InChI=1S/C24H25Cl2NO3/c1-3-6-17-14-20(16-7-5-8-19(26)13-16)22(15-9-11-18(25)12-10-15)27(23(17)28)21(4-2)24(29)30/h3,5,7-13,17,20-22H,1,4,6,14H2,2H3,(H,29,30)/t17-,20-,21+,22-/m1/s1. The van der Waals surface area contributed by atoms with Crippen molar-refractivity contribution in [3.05, 3.63) is 82.4 Å². The van der Waals surface area contributed by atoms with Gasteiger partial charge < -0.3 is 10.0 Å². The Kier molecular flexibility index (Phi) is 7.22. The maximum atomic E-state index is 13.5. The lowest BCUT2D eigenvalue weighted by Gasteiger charge is -2.47. The highest BCUT2D eigenvalue weighted by Crippen LogP contribution is 2.47. The average Bonchev–Trinajstić information content (AvgIpc) is 2.71. The van der Waals surface area contributed by atoms with Crippen LogP contribution in [0.4, 0.5) is 0 Å². The third kappa shape index (κ3) is 4.55. The highest BCUT2D eigenvalue weighted by molar-refractivity contribution is 6.30. The Labute approximate surface area is 187 Å². The molecule has 30 heavy (non-hydrogen) atoms. The maximum absolute atomic E-state index is 13.5. The van der Waals surface area contributed by atoms with E-state index >= 15 is 0 Å². The minimum absolute atomic E-state index is 0.110. The van der Waals surface area contributed by atoms with Gasteiger partial charge in [-0.1, -0.05) is 60.5 Å². The lowest BCUT2D eigenvalue weighted by atomic mass is 9.74. The van der Waals surface area contributed by atoms with Crippen molar-refractivity contribution in [2.75, 3.05) is 0 Å². The minimum Gasteiger partial charge on any atom is -0.480 e. The molecule has 1 heterocycles. The Morgan fingerprint density at radius 2 is 1.90 bits per heavy atom.